The highest BCUT2D eigenvalue weighted by Gasteiger charge is 2.21. The van der Waals surface area contributed by atoms with Gasteiger partial charge in [-0.05, 0) is 48.7 Å². The second kappa shape index (κ2) is 7.60. The van der Waals surface area contributed by atoms with Crippen LogP contribution in [0.25, 0.3) is 0 Å². The molecule has 5 nitrogen and oxygen atoms in total. The molecule has 0 unspecified atom stereocenters. The van der Waals surface area contributed by atoms with Gasteiger partial charge in [0.05, 0.1) is 18.8 Å². The smallest absolute Gasteiger partial charge is 0.243 e. The minimum Gasteiger partial charge on any atom is -0.490 e. The zero-order chi connectivity index (χ0) is 18.7. The van der Waals surface area contributed by atoms with Gasteiger partial charge in [-0.3, -0.25) is 9.59 Å². The highest BCUT2D eigenvalue weighted by Crippen LogP contribution is 2.32. The Balaban J connectivity index is 1.70. The third kappa shape index (κ3) is 4.04. The Labute approximate surface area is 154 Å². The van der Waals surface area contributed by atoms with Crippen LogP contribution in [0.2, 0.25) is 0 Å². The Kier molecular flexibility index (Phi) is 5.26. The predicted octanol–water partition coefficient (Wildman–Crippen LogP) is 3.85. The Bertz CT molecular complexity index is 813. The summed E-state index contributed by atoms with van der Waals surface area (Å²) < 4.78 is 5.64. The number of hydrogen-bond donors (Lipinski definition) is 1. The predicted molar refractivity (Wildman–Crippen MR) is 103 cm³/mol. The van der Waals surface area contributed by atoms with Crippen molar-refractivity contribution in [2.45, 2.75) is 26.7 Å². The fourth-order valence-corrected chi connectivity index (χ4v) is 2.98. The summed E-state index contributed by atoms with van der Waals surface area (Å²) in [4.78, 5) is 26.1. The largest absolute Gasteiger partial charge is 0.490 e. The molecule has 2 aromatic carbocycles. The molecule has 1 N–H and O–H groups in total. The number of rotatable bonds is 5. The van der Waals surface area contributed by atoms with Crippen LogP contribution in [0, 0.1) is 0 Å². The van der Waals surface area contributed by atoms with Gasteiger partial charge in [-0.1, -0.05) is 26.0 Å². The summed E-state index contributed by atoms with van der Waals surface area (Å²) in [6.07, 6.45) is 0. The summed E-state index contributed by atoms with van der Waals surface area (Å²) in [7, 11) is 0. The Hall–Kier alpha value is -2.82. The van der Waals surface area contributed by atoms with Crippen LogP contribution in [-0.2, 0) is 4.79 Å². The third-order valence-corrected chi connectivity index (χ3v) is 4.52. The van der Waals surface area contributed by atoms with E-state index in [0.29, 0.717) is 30.4 Å². The molecule has 1 heterocycles. The lowest BCUT2D eigenvalue weighted by atomic mass is 10.0. The molecule has 2 aromatic rings. The fourth-order valence-electron chi connectivity index (χ4n) is 2.98. The number of hydrogen-bond acceptors (Lipinski definition) is 4. The fraction of sp³-hybridized carbons (Fsp3) is 0.333. The van der Waals surface area contributed by atoms with Crippen LogP contribution in [0.3, 0.4) is 0 Å². The Morgan fingerprint density at radius 3 is 2.54 bits per heavy atom. The molecule has 0 radical (unpaired) electrons. The second-order valence-corrected chi connectivity index (χ2v) is 6.83. The molecule has 0 fully saturated rings. The lowest BCUT2D eigenvalue weighted by Crippen LogP contribution is -2.38. The maximum Gasteiger partial charge on any atom is 0.243 e. The van der Waals surface area contributed by atoms with E-state index in [-0.39, 0.29) is 18.2 Å². The van der Waals surface area contributed by atoms with Gasteiger partial charge in [0.1, 0.15) is 12.4 Å². The molecule has 26 heavy (non-hydrogen) atoms. The minimum absolute atomic E-state index is 0.00647. The van der Waals surface area contributed by atoms with Crippen molar-refractivity contribution in [3.05, 3.63) is 53.6 Å². The van der Waals surface area contributed by atoms with Crippen LogP contribution in [0.5, 0.6) is 5.75 Å². The highest BCUT2D eigenvalue weighted by molar-refractivity contribution is 5.97. The van der Waals surface area contributed by atoms with Crippen molar-refractivity contribution in [3.63, 3.8) is 0 Å². The van der Waals surface area contributed by atoms with E-state index in [1.165, 1.54) is 12.5 Å². The van der Waals surface area contributed by atoms with Crippen molar-refractivity contribution in [2.75, 3.05) is 29.9 Å². The van der Waals surface area contributed by atoms with E-state index in [0.717, 1.165) is 11.4 Å². The van der Waals surface area contributed by atoms with E-state index < -0.39 is 0 Å². The Morgan fingerprint density at radius 1 is 1.15 bits per heavy atom. The van der Waals surface area contributed by atoms with E-state index in [9.17, 15) is 9.59 Å². The van der Waals surface area contributed by atoms with Crippen LogP contribution in [-0.4, -0.2) is 31.4 Å². The number of carbonyl (C=O) groups excluding carboxylic acids is 2. The number of ether oxygens (including phenoxy) is 1. The highest BCUT2D eigenvalue weighted by atomic mass is 16.5. The number of amides is 1. The number of carbonyl (C=O) groups is 2. The van der Waals surface area contributed by atoms with Gasteiger partial charge in [-0.15, -0.1) is 0 Å². The van der Waals surface area contributed by atoms with E-state index in [2.05, 4.69) is 19.2 Å². The molecule has 0 bridgehead atoms. The molecular weight excluding hydrogens is 328 g/mol. The summed E-state index contributed by atoms with van der Waals surface area (Å²) >= 11 is 0. The molecule has 1 aliphatic rings. The first kappa shape index (κ1) is 18.0. The van der Waals surface area contributed by atoms with Crippen LogP contribution < -0.4 is 15.0 Å². The van der Waals surface area contributed by atoms with Gasteiger partial charge >= 0.3 is 0 Å². The zero-order valence-corrected chi connectivity index (χ0v) is 15.4. The maximum absolute atomic E-state index is 12.5. The van der Waals surface area contributed by atoms with Gasteiger partial charge < -0.3 is 15.0 Å². The molecule has 5 heteroatoms. The molecule has 0 saturated carbocycles. The molecule has 0 atom stereocenters. The number of nitrogens with zero attached hydrogens (tertiary/aromatic N) is 1. The average molecular weight is 352 g/mol. The number of anilines is 2. The topological polar surface area (TPSA) is 58.6 Å². The van der Waals surface area contributed by atoms with E-state index in [4.69, 9.17) is 4.74 Å². The van der Waals surface area contributed by atoms with E-state index in [1.807, 2.05) is 29.2 Å². The summed E-state index contributed by atoms with van der Waals surface area (Å²) in [5, 5.41) is 2.94. The normalized spacial score (nSPS) is 13.2. The van der Waals surface area contributed by atoms with Crippen LogP contribution in [0.4, 0.5) is 11.4 Å². The van der Waals surface area contributed by atoms with Crippen LogP contribution >= 0.6 is 0 Å². The molecular formula is C21H24N2O3. The number of fused-ring (bicyclic) bond motifs is 1. The van der Waals surface area contributed by atoms with Crippen molar-refractivity contribution in [3.8, 4) is 5.75 Å². The van der Waals surface area contributed by atoms with Crippen molar-refractivity contribution >= 4 is 23.1 Å². The maximum atomic E-state index is 12.5. The van der Waals surface area contributed by atoms with E-state index in [1.54, 1.807) is 18.2 Å². The van der Waals surface area contributed by atoms with Gasteiger partial charge in [-0.2, -0.15) is 0 Å². The molecule has 1 aliphatic heterocycles. The quantitative estimate of drug-likeness (QED) is 0.831. The average Bonchev–Trinajstić information content (AvgIpc) is 2.62. The van der Waals surface area contributed by atoms with Crippen molar-refractivity contribution in [1.29, 1.82) is 0 Å². The van der Waals surface area contributed by atoms with Gasteiger partial charge in [-0.25, -0.2) is 0 Å². The number of nitrogens with one attached hydrogen (secondary N) is 1. The van der Waals surface area contributed by atoms with Crippen LogP contribution in [0.1, 0.15) is 42.6 Å². The summed E-state index contributed by atoms with van der Waals surface area (Å²) in [6.45, 7) is 7.14. The monoisotopic (exact) mass is 352 g/mol. The molecule has 136 valence electrons. The first-order valence-corrected chi connectivity index (χ1v) is 8.86. The van der Waals surface area contributed by atoms with Crippen molar-refractivity contribution in [2.24, 2.45) is 0 Å². The van der Waals surface area contributed by atoms with Gasteiger partial charge in [0, 0.05) is 11.3 Å². The second-order valence-electron chi connectivity index (χ2n) is 6.83. The first-order valence-electron chi connectivity index (χ1n) is 8.86. The molecule has 0 spiro atoms. The van der Waals surface area contributed by atoms with Gasteiger partial charge in [0.25, 0.3) is 0 Å². The molecule has 1 amide bonds. The van der Waals surface area contributed by atoms with Crippen molar-refractivity contribution < 1.29 is 14.3 Å². The lowest BCUT2D eigenvalue weighted by molar-refractivity contribution is -0.115. The Morgan fingerprint density at radius 2 is 1.88 bits per heavy atom. The minimum atomic E-state index is -0.0941. The number of ketones is 1. The SMILES string of the molecule is CC(=O)c1ccc2c(c1)N(CC(=O)Nc1ccc(C(C)C)cc1)CCO2. The molecule has 3 rings (SSSR count). The van der Waals surface area contributed by atoms with Crippen LogP contribution in [0.15, 0.2) is 42.5 Å². The first-order chi connectivity index (χ1) is 12.4. The lowest BCUT2D eigenvalue weighted by Gasteiger charge is -2.31. The van der Waals surface area contributed by atoms with E-state index >= 15 is 0 Å². The molecule has 0 aliphatic carbocycles. The summed E-state index contributed by atoms with van der Waals surface area (Å²) in [6, 6.07) is 13.2. The standard InChI is InChI=1S/C21H24N2O3/c1-14(2)16-4-7-18(8-5-16)22-21(25)13-23-10-11-26-20-9-6-17(15(3)24)12-19(20)23/h4-9,12,14H,10-11,13H2,1-3H3,(H,22,25). The summed E-state index contributed by atoms with van der Waals surface area (Å²) in [5.74, 6) is 1.06. The molecule has 0 saturated heterocycles. The number of benzene rings is 2. The molecule has 0 aromatic heterocycles. The van der Waals surface area contributed by atoms with Gasteiger partial charge in [0.2, 0.25) is 5.91 Å². The third-order valence-electron chi connectivity index (χ3n) is 4.52. The van der Waals surface area contributed by atoms with Crippen molar-refractivity contribution in [1.82, 2.24) is 0 Å². The van der Waals surface area contributed by atoms with Gasteiger partial charge in [0.15, 0.2) is 5.78 Å². The number of Topliss-reactive ketones (excluding diaryl/α,β-unsaturated/α-hetero) is 1. The zero-order valence-electron chi connectivity index (χ0n) is 15.4. The summed E-state index contributed by atoms with van der Waals surface area (Å²) in [5.41, 5.74) is 3.42.